The Morgan fingerprint density at radius 1 is 0.842 bits per heavy atom. The number of phenolic OH excluding ortho intramolecular Hbond substituents is 5. The normalized spacial score (nSPS) is 12.4. The zero-order chi connectivity index (χ0) is 28.3. The molecule has 0 aliphatic carbocycles. The summed E-state index contributed by atoms with van der Waals surface area (Å²) in [7, 11) is 0. The molecule has 0 saturated carbocycles. The summed E-state index contributed by atoms with van der Waals surface area (Å²) >= 11 is 0. The van der Waals surface area contributed by atoms with Gasteiger partial charge in [0.15, 0.2) is 11.5 Å². The molecule has 1 aromatic heterocycles. The van der Waals surface area contributed by atoms with Crippen LogP contribution in [0.4, 0.5) is 0 Å². The van der Waals surface area contributed by atoms with E-state index < -0.39 is 34.5 Å². The van der Waals surface area contributed by atoms with Crippen LogP contribution in [0.1, 0.15) is 64.7 Å². The first-order chi connectivity index (χ1) is 17.8. The molecule has 0 amide bonds. The zero-order valence-electron chi connectivity index (χ0n) is 22.2. The monoisotopic (exact) mass is 522 g/mol. The molecule has 8 nitrogen and oxygen atoms in total. The molecule has 0 aliphatic heterocycles. The number of rotatable bonds is 8. The Balaban J connectivity index is 2.34. The highest BCUT2D eigenvalue weighted by Crippen LogP contribution is 2.43. The maximum absolute atomic E-state index is 13.7. The average molecular weight is 523 g/mol. The van der Waals surface area contributed by atoms with Crippen molar-refractivity contribution in [2.24, 2.45) is 0 Å². The van der Waals surface area contributed by atoms with Crippen molar-refractivity contribution < 1.29 is 35.1 Å². The third-order valence-corrected chi connectivity index (χ3v) is 6.13. The minimum atomic E-state index is -1.49. The highest BCUT2D eigenvalue weighted by atomic mass is 16.3. The average Bonchev–Trinajstić information content (AvgIpc) is 2.79. The fourth-order valence-corrected chi connectivity index (χ4v) is 4.18. The SMILES string of the molecule is CC(C)=CCC/C(C)=C/Cc1c(O)cc(O)c2c(=O)c(C(O)C=C(C)C)c(-c3cc(O)c(O)cc3O)oc12. The summed E-state index contributed by atoms with van der Waals surface area (Å²) in [4.78, 5) is 13.7. The van der Waals surface area contributed by atoms with E-state index in [0.717, 1.165) is 36.6 Å². The second-order valence-corrected chi connectivity index (χ2v) is 9.89. The van der Waals surface area contributed by atoms with Crippen molar-refractivity contribution in [3.8, 4) is 40.1 Å². The van der Waals surface area contributed by atoms with Crippen molar-refractivity contribution in [1.29, 1.82) is 0 Å². The van der Waals surface area contributed by atoms with E-state index in [1.807, 2.05) is 26.8 Å². The van der Waals surface area contributed by atoms with Gasteiger partial charge in [-0.2, -0.15) is 0 Å². The van der Waals surface area contributed by atoms with Gasteiger partial charge in [-0.1, -0.05) is 34.9 Å². The highest BCUT2D eigenvalue weighted by molar-refractivity contribution is 5.91. The van der Waals surface area contributed by atoms with Crippen LogP contribution in [0.2, 0.25) is 0 Å². The third kappa shape index (κ3) is 6.03. The molecule has 1 atom stereocenters. The number of fused-ring (bicyclic) bond motifs is 1. The summed E-state index contributed by atoms with van der Waals surface area (Å²) in [6.45, 7) is 9.43. The van der Waals surface area contributed by atoms with Gasteiger partial charge in [0.2, 0.25) is 5.43 Å². The van der Waals surface area contributed by atoms with Gasteiger partial charge in [0.05, 0.1) is 11.1 Å². The van der Waals surface area contributed by atoms with Crippen LogP contribution in [0.25, 0.3) is 22.3 Å². The van der Waals surface area contributed by atoms with Crippen LogP contribution in [0, 0.1) is 0 Å². The van der Waals surface area contributed by atoms with Crippen molar-refractivity contribution in [2.45, 2.75) is 60.0 Å². The second-order valence-electron chi connectivity index (χ2n) is 9.89. The maximum atomic E-state index is 13.7. The van der Waals surface area contributed by atoms with Crippen LogP contribution in [0.3, 0.4) is 0 Å². The van der Waals surface area contributed by atoms with E-state index in [2.05, 4.69) is 6.08 Å². The molecule has 0 radical (unpaired) electrons. The van der Waals surface area contributed by atoms with Gasteiger partial charge in [0.25, 0.3) is 0 Å². The second kappa shape index (κ2) is 11.5. The Morgan fingerprint density at radius 3 is 2.11 bits per heavy atom. The lowest BCUT2D eigenvalue weighted by molar-refractivity contribution is 0.225. The van der Waals surface area contributed by atoms with Gasteiger partial charge in [-0.05, 0) is 59.9 Å². The smallest absolute Gasteiger partial charge is 0.203 e. The van der Waals surface area contributed by atoms with Crippen molar-refractivity contribution in [3.63, 3.8) is 0 Å². The topological polar surface area (TPSA) is 152 Å². The number of hydrogen-bond donors (Lipinski definition) is 6. The molecule has 0 fully saturated rings. The minimum absolute atomic E-state index is 0.129. The highest BCUT2D eigenvalue weighted by Gasteiger charge is 2.27. The molecule has 0 saturated heterocycles. The number of phenols is 5. The molecule has 3 aromatic rings. The number of aliphatic hydroxyl groups excluding tert-OH is 1. The minimum Gasteiger partial charge on any atom is -0.507 e. The molecule has 2 aromatic carbocycles. The fraction of sp³-hybridized carbons (Fsp3) is 0.300. The predicted octanol–water partition coefficient (Wildman–Crippen LogP) is 6.22. The summed E-state index contributed by atoms with van der Waals surface area (Å²) in [5.74, 6) is -2.81. The number of aromatic hydroxyl groups is 5. The summed E-state index contributed by atoms with van der Waals surface area (Å²) in [6.07, 6.45) is 5.73. The summed E-state index contributed by atoms with van der Waals surface area (Å²) in [5.41, 5.74) is 1.80. The molecular weight excluding hydrogens is 488 g/mol. The van der Waals surface area contributed by atoms with Crippen LogP contribution < -0.4 is 5.43 Å². The van der Waals surface area contributed by atoms with Gasteiger partial charge >= 0.3 is 0 Å². The number of aliphatic hydroxyl groups is 1. The van der Waals surface area contributed by atoms with Crippen molar-refractivity contribution in [3.05, 3.63) is 74.5 Å². The largest absolute Gasteiger partial charge is 0.507 e. The van der Waals surface area contributed by atoms with Crippen LogP contribution in [-0.4, -0.2) is 30.6 Å². The van der Waals surface area contributed by atoms with E-state index in [0.29, 0.717) is 5.57 Å². The number of benzene rings is 2. The van der Waals surface area contributed by atoms with Crippen molar-refractivity contribution in [2.75, 3.05) is 0 Å². The number of hydrogen-bond acceptors (Lipinski definition) is 8. The van der Waals surface area contributed by atoms with E-state index in [9.17, 15) is 35.4 Å². The quantitative estimate of drug-likeness (QED) is 0.116. The first kappa shape index (κ1) is 28.4. The van der Waals surface area contributed by atoms with E-state index in [1.165, 1.54) is 11.6 Å². The third-order valence-electron chi connectivity index (χ3n) is 6.13. The molecule has 0 aliphatic rings. The first-order valence-electron chi connectivity index (χ1n) is 12.2. The van der Waals surface area contributed by atoms with Crippen LogP contribution in [0.5, 0.6) is 28.7 Å². The van der Waals surface area contributed by atoms with Gasteiger partial charge in [-0.3, -0.25) is 4.79 Å². The number of allylic oxidation sites excluding steroid dienone is 5. The van der Waals surface area contributed by atoms with Gasteiger partial charge in [0.1, 0.15) is 40.1 Å². The predicted molar refractivity (Wildman–Crippen MR) is 147 cm³/mol. The Bertz CT molecular complexity index is 1510. The van der Waals surface area contributed by atoms with Crippen molar-refractivity contribution in [1.82, 2.24) is 0 Å². The van der Waals surface area contributed by atoms with E-state index in [-0.39, 0.29) is 45.6 Å². The van der Waals surface area contributed by atoms with Gasteiger partial charge < -0.3 is 35.1 Å². The molecule has 1 unspecified atom stereocenters. The Labute approximate surface area is 220 Å². The van der Waals surface area contributed by atoms with Crippen LogP contribution in [-0.2, 0) is 6.42 Å². The van der Waals surface area contributed by atoms with Gasteiger partial charge in [0, 0.05) is 17.7 Å². The van der Waals surface area contributed by atoms with E-state index in [4.69, 9.17) is 4.42 Å². The van der Waals surface area contributed by atoms with E-state index in [1.54, 1.807) is 13.8 Å². The summed E-state index contributed by atoms with van der Waals surface area (Å²) < 4.78 is 6.08. The lowest BCUT2D eigenvalue weighted by Crippen LogP contribution is -2.15. The standard InChI is InChI=1S/C30H34O8/c1-15(2)7-6-8-17(5)9-10-18-20(31)14-25(36)27-28(37)26(24(35)11-16(3)4)30(38-29(18)27)19-12-22(33)23(34)13-21(19)32/h7,9,11-14,24,31-36H,6,8,10H2,1-5H3/b17-9+. The van der Waals surface area contributed by atoms with Crippen molar-refractivity contribution >= 4 is 11.0 Å². The summed E-state index contributed by atoms with van der Waals surface area (Å²) in [5, 5.41) is 62.4. The Hall–Kier alpha value is -4.17. The lowest BCUT2D eigenvalue weighted by Gasteiger charge is -2.17. The molecule has 6 N–H and O–H groups in total. The van der Waals surface area contributed by atoms with Gasteiger partial charge in [-0.25, -0.2) is 0 Å². The Kier molecular flexibility index (Phi) is 8.58. The Morgan fingerprint density at radius 2 is 1.47 bits per heavy atom. The lowest BCUT2D eigenvalue weighted by atomic mass is 9.96. The molecule has 38 heavy (non-hydrogen) atoms. The molecule has 202 valence electrons. The van der Waals surface area contributed by atoms with Crippen LogP contribution in [0.15, 0.2) is 62.4 Å². The maximum Gasteiger partial charge on any atom is 0.203 e. The van der Waals surface area contributed by atoms with Gasteiger partial charge in [-0.15, -0.1) is 0 Å². The molecule has 1 heterocycles. The van der Waals surface area contributed by atoms with Crippen LogP contribution >= 0.6 is 0 Å². The molecule has 0 bridgehead atoms. The fourth-order valence-electron chi connectivity index (χ4n) is 4.18. The van der Waals surface area contributed by atoms with E-state index >= 15 is 0 Å². The molecule has 0 spiro atoms. The molecule has 3 rings (SSSR count). The first-order valence-corrected chi connectivity index (χ1v) is 12.2. The molecular formula is C30H34O8. The summed E-state index contributed by atoms with van der Waals surface area (Å²) in [6, 6.07) is 2.94. The molecule has 8 heteroatoms. The zero-order valence-corrected chi connectivity index (χ0v) is 22.2.